The Morgan fingerprint density at radius 2 is 2.05 bits per heavy atom. The van der Waals surface area contributed by atoms with Crippen LogP contribution in [0.5, 0.6) is 5.75 Å². The maximum atomic E-state index is 5.27. The summed E-state index contributed by atoms with van der Waals surface area (Å²) in [4.78, 5) is 7.57. The summed E-state index contributed by atoms with van der Waals surface area (Å²) in [6, 6.07) is 8.25. The van der Waals surface area contributed by atoms with Crippen molar-refractivity contribution in [3.05, 3.63) is 42.4 Å². The quantitative estimate of drug-likeness (QED) is 0.590. The summed E-state index contributed by atoms with van der Waals surface area (Å²) in [5, 5.41) is 9.47. The fraction of sp³-hybridized carbons (Fsp3) is 0.125. The number of nitrogens with zero attached hydrogens (tertiary/aromatic N) is 2. The average Bonchev–Trinajstić information content (AvgIpc) is 3.10. The van der Waals surface area contributed by atoms with Crippen molar-refractivity contribution in [2.75, 3.05) is 7.11 Å². The molecule has 0 amide bonds. The van der Waals surface area contributed by atoms with E-state index in [1.54, 1.807) is 13.3 Å². The first-order valence-corrected chi connectivity index (χ1v) is 6.72. The van der Waals surface area contributed by atoms with E-state index in [1.165, 1.54) is 0 Å². The van der Waals surface area contributed by atoms with Crippen LogP contribution in [0.15, 0.2) is 36.7 Å². The highest BCUT2D eigenvalue weighted by molar-refractivity contribution is 5.97. The summed E-state index contributed by atoms with van der Waals surface area (Å²) in [7, 11) is 1.65. The molecule has 5 nitrogen and oxygen atoms in total. The van der Waals surface area contributed by atoms with E-state index in [0.29, 0.717) is 0 Å². The van der Waals surface area contributed by atoms with Crippen LogP contribution in [0.3, 0.4) is 0 Å². The lowest BCUT2D eigenvalue weighted by Crippen LogP contribution is -1.85. The van der Waals surface area contributed by atoms with Gasteiger partial charge in [0.2, 0.25) is 0 Å². The molecule has 4 aromatic rings. The summed E-state index contributed by atoms with van der Waals surface area (Å²) in [6.45, 7) is 2.03. The summed E-state index contributed by atoms with van der Waals surface area (Å²) in [6.07, 6.45) is 3.69. The normalized spacial score (nSPS) is 11.3. The van der Waals surface area contributed by atoms with Crippen molar-refractivity contribution in [2.24, 2.45) is 0 Å². The van der Waals surface area contributed by atoms with Crippen molar-refractivity contribution in [1.82, 2.24) is 20.2 Å². The summed E-state index contributed by atoms with van der Waals surface area (Å²) in [5.41, 5.74) is 5.15. The van der Waals surface area contributed by atoms with Crippen LogP contribution in [0, 0.1) is 6.92 Å². The number of hydrogen-bond donors (Lipinski definition) is 2. The summed E-state index contributed by atoms with van der Waals surface area (Å²) < 4.78 is 5.27. The smallest absolute Gasteiger partial charge is 0.138 e. The Morgan fingerprint density at radius 1 is 1.14 bits per heavy atom. The summed E-state index contributed by atoms with van der Waals surface area (Å²) in [5.74, 6) is 0.754. The highest BCUT2D eigenvalue weighted by Crippen LogP contribution is 2.32. The lowest BCUT2D eigenvalue weighted by atomic mass is 10.0. The Bertz CT molecular complexity index is 951. The third kappa shape index (κ3) is 1.78. The molecular weight excluding hydrogens is 264 g/mol. The first-order chi connectivity index (χ1) is 10.3. The van der Waals surface area contributed by atoms with E-state index in [9.17, 15) is 0 Å². The van der Waals surface area contributed by atoms with Crippen LogP contribution >= 0.6 is 0 Å². The zero-order valence-corrected chi connectivity index (χ0v) is 11.8. The number of methoxy groups -OCH3 is 1. The van der Waals surface area contributed by atoms with Gasteiger partial charge in [-0.2, -0.15) is 5.10 Å². The molecule has 1 aromatic carbocycles. The Morgan fingerprint density at radius 3 is 2.90 bits per heavy atom. The molecule has 0 spiro atoms. The largest absolute Gasteiger partial charge is 0.495 e. The fourth-order valence-corrected chi connectivity index (χ4v) is 2.64. The minimum Gasteiger partial charge on any atom is -0.495 e. The van der Waals surface area contributed by atoms with E-state index in [1.807, 2.05) is 25.3 Å². The highest BCUT2D eigenvalue weighted by atomic mass is 16.5. The molecule has 4 rings (SSSR count). The minimum atomic E-state index is 0.754. The Hall–Kier alpha value is -2.82. The van der Waals surface area contributed by atoms with E-state index >= 15 is 0 Å². The van der Waals surface area contributed by atoms with Crippen molar-refractivity contribution in [3.63, 3.8) is 0 Å². The van der Waals surface area contributed by atoms with Gasteiger partial charge < -0.3 is 9.72 Å². The van der Waals surface area contributed by atoms with Gasteiger partial charge in [0, 0.05) is 28.2 Å². The molecule has 0 aliphatic carbocycles. The number of hydrogen-bond acceptors (Lipinski definition) is 3. The highest BCUT2D eigenvalue weighted by Gasteiger charge is 2.10. The van der Waals surface area contributed by atoms with Gasteiger partial charge in [-0.3, -0.25) is 5.10 Å². The Balaban J connectivity index is 1.96. The molecule has 3 heterocycles. The lowest BCUT2D eigenvalue weighted by molar-refractivity contribution is 0.414. The van der Waals surface area contributed by atoms with Crippen molar-refractivity contribution in [2.45, 2.75) is 6.92 Å². The van der Waals surface area contributed by atoms with Crippen LogP contribution in [0.1, 0.15) is 5.69 Å². The molecule has 0 saturated heterocycles. The van der Waals surface area contributed by atoms with Crippen molar-refractivity contribution in [1.29, 1.82) is 0 Å². The van der Waals surface area contributed by atoms with Gasteiger partial charge in [-0.1, -0.05) is 6.07 Å². The average molecular weight is 278 g/mol. The molecule has 0 unspecified atom stereocenters. The van der Waals surface area contributed by atoms with E-state index in [-0.39, 0.29) is 0 Å². The van der Waals surface area contributed by atoms with Crippen LogP contribution < -0.4 is 4.74 Å². The van der Waals surface area contributed by atoms with Gasteiger partial charge in [0.25, 0.3) is 0 Å². The van der Waals surface area contributed by atoms with E-state index in [4.69, 9.17) is 4.74 Å². The molecule has 3 aromatic heterocycles. The fourth-order valence-electron chi connectivity index (χ4n) is 2.64. The number of benzene rings is 1. The van der Waals surface area contributed by atoms with E-state index in [2.05, 4.69) is 32.3 Å². The molecule has 0 saturated carbocycles. The number of aromatic nitrogens is 4. The van der Waals surface area contributed by atoms with Gasteiger partial charge in [-0.25, -0.2) is 4.98 Å². The molecule has 0 atom stereocenters. The van der Waals surface area contributed by atoms with Crippen molar-refractivity contribution >= 4 is 21.9 Å². The van der Waals surface area contributed by atoms with Crippen LogP contribution in [0.4, 0.5) is 0 Å². The predicted molar refractivity (Wildman–Crippen MR) is 82.5 cm³/mol. The molecule has 0 fully saturated rings. The van der Waals surface area contributed by atoms with Crippen LogP contribution in [0.2, 0.25) is 0 Å². The SMILES string of the molecule is COc1cnc2[nH]cc(-c3ccc4n[nH]c(C)c4c3)c2c1. The number of pyridine rings is 1. The molecule has 104 valence electrons. The lowest BCUT2D eigenvalue weighted by Gasteiger charge is -2.02. The molecule has 0 bridgehead atoms. The minimum absolute atomic E-state index is 0.754. The van der Waals surface area contributed by atoms with Gasteiger partial charge in [0.05, 0.1) is 18.8 Å². The number of H-pyrrole nitrogens is 2. The second kappa shape index (κ2) is 4.34. The second-order valence-electron chi connectivity index (χ2n) is 5.05. The van der Waals surface area contributed by atoms with Crippen LogP contribution in [-0.4, -0.2) is 27.3 Å². The van der Waals surface area contributed by atoms with E-state index in [0.717, 1.165) is 44.5 Å². The molecule has 0 aliphatic heterocycles. The van der Waals surface area contributed by atoms with Gasteiger partial charge in [0.15, 0.2) is 0 Å². The standard InChI is InChI=1S/C16H14N4O/c1-9-12-5-10(3-4-15(12)20-19-9)14-8-18-16-13(14)6-11(21-2)7-17-16/h3-8H,1-2H3,(H,17,18)(H,19,20). The topological polar surface area (TPSA) is 66.6 Å². The number of ether oxygens (including phenoxy) is 1. The van der Waals surface area contributed by atoms with Gasteiger partial charge >= 0.3 is 0 Å². The molecule has 2 N–H and O–H groups in total. The van der Waals surface area contributed by atoms with Crippen molar-refractivity contribution < 1.29 is 4.74 Å². The molecule has 0 aliphatic rings. The third-order valence-corrected chi connectivity index (χ3v) is 3.80. The van der Waals surface area contributed by atoms with Crippen molar-refractivity contribution in [3.8, 4) is 16.9 Å². The van der Waals surface area contributed by atoms with Gasteiger partial charge in [-0.05, 0) is 30.7 Å². The Kier molecular flexibility index (Phi) is 2.47. The number of nitrogens with one attached hydrogen (secondary N) is 2. The summed E-state index contributed by atoms with van der Waals surface area (Å²) >= 11 is 0. The number of rotatable bonds is 2. The third-order valence-electron chi connectivity index (χ3n) is 3.80. The van der Waals surface area contributed by atoms with Gasteiger partial charge in [0.1, 0.15) is 11.4 Å². The first-order valence-electron chi connectivity index (χ1n) is 6.72. The molecule has 0 radical (unpaired) electrons. The monoisotopic (exact) mass is 278 g/mol. The number of fused-ring (bicyclic) bond motifs is 2. The number of aromatic amines is 2. The molecular formula is C16H14N4O. The van der Waals surface area contributed by atoms with Crippen LogP contribution in [0.25, 0.3) is 33.1 Å². The van der Waals surface area contributed by atoms with E-state index < -0.39 is 0 Å². The molecule has 21 heavy (non-hydrogen) atoms. The van der Waals surface area contributed by atoms with Gasteiger partial charge in [-0.15, -0.1) is 0 Å². The Labute approximate surface area is 121 Å². The second-order valence-corrected chi connectivity index (χ2v) is 5.05. The zero-order chi connectivity index (χ0) is 14.4. The van der Waals surface area contributed by atoms with Crippen LogP contribution in [-0.2, 0) is 0 Å². The number of aryl methyl sites for hydroxylation is 1. The predicted octanol–water partition coefficient (Wildman–Crippen LogP) is 3.42. The zero-order valence-electron chi connectivity index (χ0n) is 11.8. The molecule has 5 heteroatoms. The maximum absolute atomic E-state index is 5.27. The first kappa shape index (κ1) is 12.0. The maximum Gasteiger partial charge on any atom is 0.138 e.